The Balaban J connectivity index is 1.55. The van der Waals surface area contributed by atoms with Gasteiger partial charge in [0.05, 0.1) is 12.6 Å². The molecule has 1 aliphatic rings. The van der Waals surface area contributed by atoms with Gasteiger partial charge in [-0.25, -0.2) is 22.4 Å². The van der Waals surface area contributed by atoms with Crippen LogP contribution in [0.2, 0.25) is 0 Å². The number of fused-ring (bicyclic) bond motifs is 2. The number of halogens is 3. The molecule has 4 aromatic rings. The highest BCUT2D eigenvalue weighted by atomic mass is 19.3. The van der Waals surface area contributed by atoms with E-state index in [2.05, 4.69) is 51.5 Å². The summed E-state index contributed by atoms with van der Waals surface area (Å²) in [6.45, 7) is 5.66. The molecule has 0 unspecified atom stereocenters. The van der Waals surface area contributed by atoms with Crippen LogP contribution in [-0.2, 0) is 6.54 Å². The second kappa shape index (κ2) is 8.67. The summed E-state index contributed by atoms with van der Waals surface area (Å²) in [6.07, 6.45) is 0.0383. The van der Waals surface area contributed by atoms with Crippen molar-refractivity contribution >= 4 is 22.5 Å². The van der Waals surface area contributed by atoms with Gasteiger partial charge in [-0.15, -0.1) is 10.2 Å². The zero-order valence-electron chi connectivity index (χ0n) is 20.0. The smallest absolute Gasteiger partial charge is 0.258 e. The Hall–Kier alpha value is -3.41. The summed E-state index contributed by atoms with van der Waals surface area (Å²) < 4.78 is 48.9. The van der Waals surface area contributed by atoms with Crippen LogP contribution in [0.5, 0.6) is 5.88 Å². The molecule has 1 atom stereocenters. The van der Waals surface area contributed by atoms with Gasteiger partial charge in [-0.05, 0) is 49.2 Å². The molecule has 1 fully saturated rings. The molecule has 0 radical (unpaired) electrons. The summed E-state index contributed by atoms with van der Waals surface area (Å²) in [6, 6.07) is 4.82. The Morgan fingerprint density at radius 1 is 1.29 bits per heavy atom. The molecule has 1 aliphatic heterocycles. The minimum atomic E-state index is -2.64. The minimum Gasteiger partial charge on any atom is -0.479 e. The van der Waals surface area contributed by atoms with Gasteiger partial charge < -0.3 is 15.0 Å². The average Bonchev–Trinajstić information content (AvgIpc) is 3.39. The van der Waals surface area contributed by atoms with E-state index in [-0.39, 0.29) is 22.5 Å². The number of benzene rings is 1. The van der Waals surface area contributed by atoms with E-state index in [9.17, 15) is 13.2 Å². The molecule has 35 heavy (non-hydrogen) atoms. The maximum absolute atomic E-state index is 14.8. The number of hydrogen-bond donors (Lipinski definition) is 1. The molecule has 12 heteroatoms. The number of anilines is 1. The van der Waals surface area contributed by atoms with Crippen molar-refractivity contribution in [1.29, 1.82) is 0 Å². The Labute approximate surface area is 199 Å². The molecular weight excluding hydrogens is 461 g/mol. The topological polar surface area (TPSA) is 85.4 Å². The molecule has 5 rings (SSSR count). The fraction of sp³-hybridized carbons (Fsp3) is 0.478. The fourth-order valence-corrected chi connectivity index (χ4v) is 4.93. The van der Waals surface area contributed by atoms with Gasteiger partial charge in [0, 0.05) is 24.3 Å². The van der Waals surface area contributed by atoms with Crippen molar-refractivity contribution in [2.24, 2.45) is 5.41 Å². The standard InChI is InChI=1S/C23H27F3N8O/c1-23(2)12-32(3)7-6-17(23)27-22-28-21(35-4)20-14(5-8-33(20)30-22)13-9-15(24)19-16(10-13)34(31-29-19)11-18(25)26/h5,8-10,17-18H,6-7,11-12H2,1-4H3,(H,27,30)/t17-/m0/s1. The second-order valence-electron chi connectivity index (χ2n) is 9.67. The number of rotatable bonds is 6. The summed E-state index contributed by atoms with van der Waals surface area (Å²) >= 11 is 0. The van der Waals surface area contributed by atoms with Gasteiger partial charge in [0.2, 0.25) is 11.8 Å². The predicted molar refractivity (Wildman–Crippen MR) is 125 cm³/mol. The van der Waals surface area contributed by atoms with Crippen LogP contribution in [0.4, 0.5) is 19.1 Å². The normalized spacial score (nSPS) is 18.6. The average molecular weight is 489 g/mol. The predicted octanol–water partition coefficient (Wildman–Crippen LogP) is 3.70. The van der Waals surface area contributed by atoms with E-state index in [1.807, 2.05) is 0 Å². The Morgan fingerprint density at radius 3 is 2.80 bits per heavy atom. The maximum atomic E-state index is 14.8. The van der Waals surface area contributed by atoms with Gasteiger partial charge in [-0.2, -0.15) is 4.98 Å². The van der Waals surface area contributed by atoms with Crippen LogP contribution in [0.25, 0.3) is 27.7 Å². The second-order valence-corrected chi connectivity index (χ2v) is 9.67. The highest BCUT2D eigenvalue weighted by Gasteiger charge is 2.35. The highest BCUT2D eigenvalue weighted by molar-refractivity contribution is 5.89. The van der Waals surface area contributed by atoms with E-state index in [1.165, 1.54) is 13.2 Å². The number of nitrogens with one attached hydrogen (secondary N) is 1. The lowest BCUT2D eigenvalue weighted by Gasteiger charge is -2.43. The Kier molecular flexibility index (Phi) is 5.78. The first kappa shape index (κ1) is 23.3. The summed E-state index contributed by atoms with van der Waals surface area (Å²) in [4.78, 5) is 6.89. The molecule has 0 saturated carbocycles. The van der Waals surface area contributed by atoms with Crippen LogP contribution >= 0.6 is 0 Å². The van der Waals surface area contributed by atoms with Crippen LogP contribution in [-0.4, -0.2) is 74.2 Å². The lowest BCUT2D eigenvalue weighted by Crippen LogP contribution is -2.50. The SMILES string of the molecule is COc1nc(N[C@H]2CCN(C)CC2(C)C)nn2ccc(-c3cc(F)c4nnn(CC(F)F)c4c3)c12. The molecule has 1 aromatic carbocycles. The van der Waals surface area contributed by atoms with Gasteiger partial charge in [0.25, 0.3) is 6.43 Å². The molecule has 0 amide bonds. The highest BCUT2D eigenvalue weighted by Crippen LogP contribution is 2.35. The molecule has 1 N–H and O–H groups in total. The molecule has 0 aliphatic carbocycles. The van der Waals surface area contributed by atoms with E-state index < -0.39 is 18.8 Å². The quantitative estimate of drug-likeness (QED) is 0.443. The van der Waals surface area contributed by atoms with E-state index >= 15 is 0 Å². The van der Waals surface area contributed by atoms with E-state index in [4.69, 9.17) is 4.74 Å². The monoisotopic (exact) mass is 488 g/mol. The van der Waals surface area contributed by atoms with Crippen LogP contribution in [0, 0.1) is 11.2 Å². The minimum absolute atomic E-state index is 0.0164. The van der Waals surface area contributed by atoms with Crippen molar-refractivity contribution in [3.05, 3.63) is 30.2 Å². The van der Waals surface area contributed by atoms with Crippen molar-refractivity contribution in [1.82, 2.24) is 34.5 Å². The van der Waals surface area contributed by atoms with E-state index in [0.717, 1.165) is 24.2 Å². The third kappa shape index (κ3) is 4.26. The van der Waals surface area contributed by atoms with Gasteiger partial charge >= 0.3 is 0 Å². The number of alkyl halides is 2. The summed E-state index contributed by atoms with van der Waals surface area (Å²) in [5, 5.41) is 15.5. The van der Waals surface area contributed by atoms with Gasteiger partial charge in [-0.3, -0.25) is 0 Å². The number of piperidine rings is 1. The zero-order valence-corrected chi connectivity index (χ0v) is 20.0. The van der Waals surface area contributed by atoms with E-state index in [0.29, 0.717) is 28.5 Å². The van der Waals surface area contributed by atoms with Crippen molar-refractivity contribution in [3.8, 4) is 17.0 Å². The first-order valence-electron chi connectivity index (χ1n) is 11.4. The van der Waals surface area contributed by atoms with Crippen molar-refractivity contribution < 1.29 is 17.9 Å². The first-order valence-corrected chi connectivity index (χ1v) is 11.4. The number of nitrogens with zero attached hydrogens (tertiary/aromatic N) is 7. The van der Waals surface area contributed by atoms with Gasteiger partial charge in [0.15, 0.2) is 5.82 Å². The molecule has 4 heterocycles. The lowest BCUT2D eigenvalue weighted by atomic mass is 9.79. The first-order chi connectivity index (χ1) is 16.7. The van der Waals surface area contributed by atoms with Crippen LogP contribution < -0.4 is 10.1 Å². The third-order valence-electron chi connectivity index (χ3n) is 6.59. The maximum Gasteiger partial charge on any atom is 0.258 e. The van der Waals surface area contributed by atoms with Gasteiger partial charge in [-0.1, -0.05) is 19.1 Å². The molecule has 1 saturated heterocycles. The lowest BCUT2D eigenvalue weighted by molar-refractivity contribution is 0.122. The number of likely N-dealkylation sites (tertiary alicyclic amines) is 1. The van der Waals surface area contributed by atoms with Crippen LogP contribution in [0.1, 0.15) is 20.3 Å². The number of aromatic nitrogens is 6. The molecule has 0 bridgehead atoms. The third-order valence-corrected chi connectivity index (χ3v) is 6.59. The van der Waals surface area contributed by atoms with Crippen LogP contribution in [0.3, 0.4) is 0 Å². The summed E-state index contributed by atoms with van der Waals surface area (Å²) in [7, 11) is 3.62. The fourth-order valence-electron chi connectivity index (χ4n) is 4.93. The van der Waals surface area contributed by atoms with Crippen molar-refractivity contribution in [2.45, 2.75) is 39.3 Å². The van der Waals surface area contributed by atoms with E-state index in [1.54, 1.807) is 22.8 Å². The molecular formula is C23H27F3N8O. The summed E-state index contributed by atoms with van der Waals surface area (Å²) in [5.74, 6) is 0.0907. The molecule has 9 nitrogen and oxygen atoms in total. The largest absolute Gasteiger partial charge is 0.479 e. The van der Waals surface area contributed by atoms with Crippen molar-refractivity contribution in [3.63, 3.8) is 0 Å². The molecule has 3 aromatic heterocycles. The van der Waals surface area contributed by atoms with Crippen LogP contribution in [0.15, 0.2) is 24.4 Å². The number of ether oxygens (including phenoxy) is 1. The molecule has 0 spiro atoms. The van der Waals surface area contributed by atoms with Gasteiger partial charge in [0.1, 0.15) is 17.6 Å². The zero-order chi connectivity index (χ0) is 24.9. The van der Waals surface area contributed by atoms with Crippen molar-refractivity contribution in [2.75, 3.05) is 32.6 Å². The summed E-state index contributed by atoms with van der Waals surface area (Å²) in [5.41, 5.74) is 1.72. The molecule has 186 valence electrons. The number of methoxy groups -OCH3 is 1. The number of hydrogen-bond acceptors (Lipinski definition) is 7. The Morgan fingerprint density at radius 2 is 2.09 bits per heavy atom. The Bertz CT molecular complexity index is 1380.